The van der Waals surface area contributed by atoms with Crippen LogP contribution in [0.1, 0.15) is 31.7 Å². The molecule has 0 saturated carbocycles. The molecule has 1 atom stereocenters. The highest BCUT2D eigenvalue weighted by Crippen LogP contribution is 2.28. The second-order valence-electron chi connectivity index (χ2n) is 6.23. The van der Waals surface area contributed by atoms with Gasteiger partial charge < -0.3 is 14.4 Å². The molecule has 22 heavy (non-hydrogen) atoms. The van der Waals surface area contributed by atoms with E-state index in [9.17, 15) is 0 Å². The average molecular weight is 303 g/mol. The predicted octanol–water partition coefficient (Wildman–Crippen LogP) is 3.92. The number of rotatable bonds is 8. The molecule has 0 N–H and O–H groups in total. The highest BCUT2D eigenvalue weighted by molar-refractivity contribution is 5.43. The largest absolute Gasteiger partial charge is 0.493 e. The topological polar surface area (TPSA) is 21.7 Å². The summed E-state index contributed by atoms with van der Waals surface area (Å²) in [6.07, 6.45) is 6.52. The van der Waals surface area contributed by atoms with Crippen molar-refractivity contribution in [1.29, 1.82) is 0 Å². The van der Waals surface area contributed by atoms with Gasteiger partial charge >= 0.3 is 0 Å². The lowest BCUT2D eigenvalue weighted by Crippen LogP contribution is -2.35. The molecule has 0 aromatic heterocycles. The van der Waals surface area contributed by atoms with E-state index in [1.54, 1.807) is 7.11 Å². The second kappa shape index (κ2) is 8.84. The molecule has 122 valence electrons. The fourth-order valence-electron chi connectivity index (χ4n) is 3.08. The van der Waals surface area contributed by atoms with Crippen molar-refractivity contribution in [3.05, 3.63) is 36.4 Å². The van der Waals surface area contributed by atoms with E-state index in [0.717, 1.165) is 43.4 Å². The van der Waals surface area contributed by atoms with E-state index < -0.39 is 0 Å². The summed E-state index contributed by atoms with van der Waals surface area (Å²) in [7, 11) is 1.69. The average Bonchev–Trinajstić information content (AvgIpc) is 2.53. The zero-order chi connectivity index (χ0) is 15.8. The molecule has 1 aliphatic heterocycles. The Hall–Kier alpha value is -1.48. The number of ether oxygens (including phenoxy) is 2. The molecule has 0 radical (unpaired) electrons. The first-order chi connectivity index (χ1) is 10.7. The smallest absolute Gasteiger partial charge is 0.161 e. The lowest BCUT2D eigenvalue weighted by atomic mass is 10.0. The summed E-state index contributed by atoms with van der Waals surface area (Å²) in [5, 5.41) is 0. The fourth-order valence-corrected chi connectivity index (χ4v) is 3.08. The Morgan fingerprint density at radius 2 is 2.23 bits per heavy atom. The minimum atomic E-state index is 0.738. The first kappa shape index (κ1) is 16.9. The van der Waals surface area contributed by atoms with Crippen LogP contribution in [0.4, 0.5) is 0 Å². The van der Waals surface area contributed by atoms with Gasteiger partial charge in [0.15, 0.2) is 11.5 Å². The zero-order valence-corrected chi connectivity index (χ0v) is 14.0. The van der Waals surface area contributed by atoms with Gasteiger partial charge in [0, 0.05) is 13.1 Å². The molecule has 2 rings (SSSR count). The lowest BCUT2D eigenvalue weighted by molar-refractivity contribution is 0.169. The van der Waals surface area contributed by atoms with Gasteiger partial charge in [-0.1, -0.05) is 19.1 Å². The summed E-state index contributed by atoms with van der Waals surface area (Å²) < 4.78 is 11.3. The molecule has 3 nitrogen and oxygen atoms in total. The van der Waals surface area contributed by atoms with Crippen molar-refractivity contribution in [1.82, 2.24) is 4.90 Å². The molecule has 1 saturated heterocycles. The Balaban J connectivity index is 1.77. The minimum Gasteiger partial charge on any atom is -0.493 e. The third-order valence-electron chi connectivity index (χ3n) is 4.23. The number of benzene rings is 1. The molecule has 0 unspecified atom stereocenters. The van der Waals surface area contributed by atoms with Crippen molar-refractivity contribution in [2.24, 2.45) is 5.92 Å². The monoisotopic (exact) mass is 303 g/mol. The van der Waals surface area contributed by atoms with Crippen molar-refractivity contribution in [2.45, 2.75) is 32.6 Å². The highest BCUT2D eigenvalue weighted by atomic mass is 16.5. The number of hydrogen-bond acceptors (Lipinski definition) is 3. The molecule has 1 aromatic carbocycles. The van der Waals surface area contributed by atoms with Crippen LogP contribution >= 0.6 is 0 Å². The molecular weight excluding hydrogens is 274 g/mol. The number of hydrogen-bond donors (Lipinski definition) is 0. The van der Waals surface area contributed by atoms with Gasteiger partial charge in [-0.25, -0.2) is 0 Å². The van der Waals surface area contributed by atoms with Gasteiger partial charge in [0.25, 0.3) is 0 Å². The Labute approximate surface area is 134 Å². The minimum absolute atomic E-state index is 0.738. The van der Waals surface area contributed by atoms with Crippen LogP contribution in [0.25, 0.3) is 0 Å². The van der Waals surface area contributed by atoms with Gasteiger partial charge in [-0.3, -0.25) is 0 Å². The van der Waals surface area contributed by atoms with E-state index in [1.165, 1.54) is 31.5 Å². The van der Waals surface area contributed by atoms with Gasteiger partial charge in [0.1, 0.15) is 0 Å². The Morgan fingerprint density at radius 3 is 2.95 bits per heavy atom. The van der Waals surface area contributed by atoms with Crippen LogP contribution < -0.4 is 9.47 Å². The van der Waals surface area contributed by atoms with Gasteiger partial charge in [0.05, 0.1) is 13.7 Å². The molecule has 3 heteroatoms. The Bertz CT molecular complexity index is 473. The standard InChI is InChI=1S/C19H29NO2/c1-4-7-17-9-10-18(19(14-17)21-3)22-13-6-12-20-11-5-8-16(2)15-20/h4,9-10,14,16H,1,5-8,11-13,15H2,2-3H3/t16-/m1/s1. The van der Waals surface area contributed by atoms with Crippen LogP contribution in [-0.4, -0.2) is 38.3 Å². The third kappa shape index (κ3) is 5.06. The van der Waals surface area contributed by atoms with E-state index in [-0.39, 0.29) is 0 Å². The van der Waals surface area contributed by atoms with E-state index >= 15 is 0 Å². The van der Waals surface area contributed by atoms with E-state index in [4.69, 9.17) is 9.47 Å². The zero-order valence-electron chi connectivity index (χ0n) is 14.0. The van der Waals surface area contributed by atoms with Crippen LogP contribution in [0.15, 0.2) is 30.9 Å². The number of piperidine rings is 1. The molecule has 1 aliphatic rings. The number of nitrogens with zero attached hydrogens (tertiary/aromatic N) is 1. The molecule has 0 spiro atoms. The Kier molecular flexibility index (Phi) is 6.78. The molecule has 1 fully saturated rings. The molecule has 0 bridgehead atoms. The van der Waals surface area contributed by atoms with Gasteiger partial charge in [-0.2, -0.15) is 0 Å². The quantitative estimate of drug-likeness (QED) is 0.536. The molecule has 0 amide bonds. The van der Waals surface area contributed by atoms with E-state index in [2.05, 4.69) is 24.5 Å². The van der Waals surface area contributed by atoms with Crippen molar-refractivity contribution in [2.75, 3.05) is 33.4 Å². The van der Waals surface area contributed by atoms with Crippen LogP contribution in [0.2, 0.25) is 0 Å². The lowest BCUT2D eigenvalue weighted by Gasteiger charge is -2.30. The summed E-state index contributed by atoms with van der Waals surface area (Å²) >= 11 is 0. The second-order valence-corrected chi connectivity index (χ2v) is 6.23. The van der Waals surface area contributed by atoms with Gasteiger partial charge in [-0.15, -0.1) is 6.58 Å². The first-order valence-electron chi connectivity index (χ1n) is 8.36. The van der Waals surface area contributed by atoms with Crippen molar-refractivity contribution in [3.63, 3.8) is 0 Å². The van der Waals surface area contributed by atoms with Gasteiger partial charge in [-0.05, 0) is 55.8 Å². The van der Waals surface area contributed by atoms with E-state index in [1.807, 2.05) is 18.2 Å². The van der Waals surface area contributed by atoms with Crippen molar-refractivity contribution >= 4 is 0 Å². The van der Waals surface area contributed by atoms with Crippen molar-refractivity contribution < 1.29 is 9.47 Å². The number of methoxy groups -OCH3 is 1. The summed E-state index contributed by atoms with van der Waals surface area (Å²) in [6, 6.07) is 6.11. The highest BCUT2D eigenvalue weighted by Gasteiger charge is 2.15. The SMILES string of the molecule is C=CCc1ccc(OCCCN2CCC[C@@H](C)C2)c(OC)c1. The third-order valence-corrected chi connectivity index (χ3v) is 4.23. The summed E-state index contributed by atoms with van der Waals surface area (Å²) in [5.41, 5.74) is 1.20. The maximum absolute atomic E-state index is 5.90. The number of allylic oxidation sites excluding steroid dienone is 1. The van der Waals surface area contributed by atoms with Crippen LogP contribution in [0.3, 0.4) is 0 Å². The van der Waals surface area contributed by atoms with E-state index in [0.29, 0.717) is 0 Å². The summed E-state index contributed by atoms with van der Waals surface area (Å²) in [5.74, 6) is 2.49. The molecule has 1 heterocycles. The summed E-state index contributed by atoms with van der Waals surface area (Å²) in [4.78, 5) is 2.56. The normalized spacial score (nSPS) is 18.9. The number of likely N-dealkylation sites (tertiary alicyclic amines) is 1. The molecular formula is C19H29NO2. The van der Waals surface area contributed by atoms with Crippen LogP contribution in [0.5, 0.6) is 11.5 Å². The molecule has 1 aromatic rings. The Morgan fingerprint density at radius 1 is 1.36 bits per heavy atom. The van der Waals surface area contributed by atoms with Crippen LogP contribution in [-0.2, 0) is 6.42 Å². The maximum Gasteiger partial charge on any atom is 0.161 e. The van der Waals surface area contributed by atoms with Crippen molar-refractivity contribution in [3.8, 4) is 11.5 Å². The predicted molar refractivity (Wildman–Crippen MR) is 91.8 cm³/mol. The maximum atomic E-state index is 5.90. The fraction of sp³-hybridized carbons (Fsp3) is 0.579. The first-order valence-corrected chi connectivity index (χ1v) is 8.36. The summed E-state index contributed by atoms with van der Waals surface area (Å²) in [6.45, 7) is 10.5. The van der Waals surface area contributed by atoms with Gasteiger partial charge in [0.2, 0.25) is 0 Å². The van der Waals surface area contributed by atoms with Crippen LogP contribution in [0, 0.1) is 5.92 Å². The molecule has 0 aliphatic carbocycles.